The Kier molecular flexibility index (Phi) is 6.53. The van der Waals surface area contributed by atoms with Gasteiger partial charge in [0.1, 0.15) is 12.2 Å². The second kappa shape index (κ2) is 9.52. The van der Waals surface area contributed by atoms with Crippen molar-refractivity contribution in [2.45, 2.75) is 46.1 Å². The van der Waals surface area contributed by atoms with E-state index in [1.165, 1.54) is 0 Å². The van der Waals surface area contributed by atoms with Crippen molar-refractivity contribution in [3.8, 4) is 11.1 Å². The number of likely N-dealkylation sites (tertiary alicyclic amines) is 1. The quantitative estimate of drug-likeness (QED) is 0.650. The minimum absolute atomic E-state index is 0.0905. The Hall–Kier alpha value is -3.55. The summed E-state index contributed by atoms with van der Waals surface area (Å²) < 4.78 is 1.78. The summed E-state index contributed by atoms with van der Waals surface area (Å²) in [5.74, 6) is 0.0632. The number of nitrogens with zero attached hydrogens (tertiary/aromatic N) is 5. The van der Waals surface area contributed by atoms with Crippen molar-refractivity contribution in [1.82, 2.24) is 30.0 Å². The number of amides is 2. The molecule has 4 rings (SSSR count). The van der Waals surface area contributed by atoms with Gasteiger partial charge in [-0.3, -0.25) is 24.2 Å². The van der Waals surface area contributed by atoms with Crippen molar-refractivity contribution < 1.29 is 9.59 Å². The number of rotatable bonds is 5. The van der Waals surface area contributed by atoms with Crippen LogP contribution in [0, 0.1) is 20.8 Å². The Morgan fingerprint density at radius 1 is 1.09 bits per heavy atom. The van der Waals surface area contributed by atoms with Gasteiger partial charge in [-0.2, -0.15) is 5.10 Å². The van der Waals surface area contributed by atoms with Crippen LogP contribution >= 0.6 is 0 Å². The number of aromatic nitrogens is 4. The van der Waals surface area contributed by atoms with Crippen LogP contribution < -0.4 is 5.32 Å². The van der Waals surface area contributed by atoms with Crippen LogP contribution in [0.1, 0.15) is 52.0 Å². The summed E-state index contributed by atoms with van der Waals surface area (Å²) in [6, 6.07) is 9.73. The molecule has 1 saturated heterocycles. The highest BCUT2D eigenvalue weighted by Crippen LogP contribution is 2.29. The minimum atomic E-state index is -0.208. The Labute approximate surface area is 194 Å². The number of pyridine rings is 2. The molecule has 33 heavy (non-hydrogen) atoms. The lowest BCUT2D eigenvalue weighted by atomic mass is 9.92. The standard InChI is InChI=1S/C25H30N6O2/c1-16-11-21(19-7-8-22(27-13-19)25(33)26-4)12-23(28-16)20-6-5-9-30(14-20)24(32)15-31-18(3)10-17(2)29-31/h7-8,10-13,20H,5-6,9,14-15H2,1-4H3,(H,26,33)/t20-/m1/s1. The van der Waals surface area contributed by atoms with Crippen LogP contribution in [0.4, 0.5) is 0 Å². The molecular formula is C25H30N6O2. The first-order chi connectivity index (χ1) is 15.8. The molecule has 3 aromatic heterocycles. The second-order valence-electron chi connectivity index (χ2n) is 8.70. The zero-order valence-electron chi connectivity index (χ0n) is 19.6. The molecule has 0 aromatic carbocycles. The van der Waals surface area contributed by atoms with Gasteiger partial charge in [0.15, 0.2) is 0 Å². The maximum Gasteiger partial charge on any atom is 0.269 e. The SMILES string of the molecule is CNC(=O)c1ccc(-c2cc(C)nc([C@@H]3CCCN(C(=O)Cn4nc(C)cc4C)C3)c2)cn1. The fraction of sp³-hybridized carbons (Fsp3) is 0.400. The molecule has 1 N–H and O–H groups in total. The normalized spacial score (nSPS) is 16.0. The predicted octanol–water partition coefficient (Wildman–Crippen LogP) is 3.03. The molecule has 1 aliphatic rings. The van der Waals surface area contributed by atoms with Gasteiger partial charge in [-0.25, -0.2) is 0 Å². The van der Waals surface area contributed by atoms with E-state index < -0.39 is 0 Å². The molecule has 3 aromatic rings. The van der Waals surface area contributed by atoms with Gasteiger partial charge in [0.25, 0.3) is 5.91 Å². The Bertz CT molecular complexity index is 1170. The van der Waals surface area contributed by atoms with Gasteiger partial charge < -0.3 is 10.2 Å². The van der Waals surface area contributed by atoms with E-state index in [0.29, 0.717) is 12.2 Å². The van der Waals surface area contributed by atoms with Crippen molar-refractivity contribution >= 4 is 11.8 Å². The largest absolute Gasteiger partial charge is 0.354 e. The van der Waals surface area contributed by atoms with Gasteiger partial charge in [0, 0.05) is 54.9 Å². The van der Waals surface area contributed by atoms with E-state index in [1.807, 2.05) is 43.9 Å². The molecule has 2 amide bonds. The molecule has 4 heterocycles. The van der Waals surface area contributed by atoms with Crippen LogP contribution in [0.25, 0.3) is 11.1 Å². The maximum atomic E-state index is 13.0. The fourth-order valence-corrected chi connectivity index (χ4v) is 4.41. The average molecular weight is 447 g/mol. The van der Waals surface area contributed by atoms with Crippen molar-refractivity contribution in [3.05, 3.63) is 65.0 Å². The molecular weight excluding hydrogens is 416 g/mol. The molecule has 0 saturated carbocycles. The first-order valence-electron chi connectivity index (χ1n) is 11.3. The molecule has 1 atom stereocenters. The Balaban J connectivity index is 1.51. The highest BCUT2D eigenvalue weighted by molar-refractivity contribution is 5.92. The van der Waals surface area contributed by atoms with Crippen molar-refractivity contribution in [2.75, 3.05) is 20.1 Å². The van der Waals surface area contributed by atoms with Crippen LogP contribution in [0.5, 0.6) is 0 Å². The molecule has 0 aliphatic carbocycles. The molecule has 0 bridgehead atoms. The van der Waals surface area contributed by atoms with E-state index in [4.69, 9.17) is 4.98 Å². The number of aryl methyl sites for hydroxylation is 3. The van der Waals surface area contributed by atoms with Crippen LogP contribution in [0.2, 0.25) is 0 Å². The van der Waals surface area contributed by atoms with Crippen LogP contribution in [0.15, 0.2) is 36.5 Å². The van der Waals surface area contributed by atoms with E-state index in [9.17, 15) is 9.59 Å². The molecule has 8 heteroatoms. The highest BCUT2D eigenvalue weighted by atomic mass is 16.2. The van der Waals surface area contributed by atoms with E-state index in [0.717, 1.165) is 53.3 Å². The number of piperidine rings is 1. The lowest BCUT2D eigenvalue weighted by Gasteiger charge is -2.33. The number of hydrogen-bond acceptors (Lipinski definition) is 5. The smallest absolute Gasteiger partial charge is 0.269 e. The first-order valence-corrected chi connectivity index (χ1v) is 11.3. The lowest BCUT2D eigenvalue weighted by Crippen LogP contribution is -2.41. The van der Waals surface area contributed by atoms with Crippen molar-refractivity contribution in [2.24, 2.45) is 0 Å². The molecule has 172 valence electrons. The molecule has 1 aliphatic heterocycles. The minimum Gasteiger partial charge on any atom is -0.354 e. The summed E-state index contributed by atoms with van der Waals surface area (Å²) in [4.78, 5) is 35.8. The summed E-state index contributed by atoms with van der Waals surface area (Å²) in [6.07, 6.45) is 3.66. The van der Waals surface area contributed by atoms with Crippen molar-refractivity contribution in [3.63, 3.8) is 0 Å². The van der Waals surface area contributed by atoms with Gasteiger partial charge in [-0.05, 0) is 63.4 Å². The first kappa shape index (κ1) is 22.6. The molecule has 0 spiro atoms. The van der Waals surface area contributed by atoms with Crippen molar-refractivity contribution in [1.29, 1.82) is 0 Å². The van der Waals surface area contributed by atoms with Crippen LogP contribution in [-0.4, -0.2) is 56.6 Å². The zero-order chi connectivity index (χ0) is 23.5. The van der Waals surface area contributed by atoms with Gasteiger partial charge in [-0.1, -0.05) is 6.07 Å². The van der Waals surface area contributed by atoms with E-state index in [-0.39, 0.29) is 24.3 Å². The highest BCUT2D eigenvalue weighted by Gasteiger charge is 2.26. The maximum absolute atomic E-state index is 13.0. The third kappa shape index (κ3) is 5.10. The Morgan fingerprint density at radius 2 is 1.91 bits per heavy atom. The lowest BCUT2D eigenvalue weighted by molar-refractivity contribution is -0.133. The number of nitrogens with one attached hydrogen (secondary N) is 1. The fourth-order valence-electron chi connectivity index (χ4n) is 4.41. The van der Waals surface area contributed by atoms with E-state index >= 15 is 0 Å². The summed E-state index contributed by atoms with van der Waals surface area (Å²) in [5, 5.41) is 7.01. The van der Waals surface area contributed by atoms with Gasteiger partial charge in [0.2, 0.25) is 5.91 Å². The summed E-state index contributed by atoms with van der Waals surface area (Å²) >= 11 is 0. The van der Waals surface area contributed by atoms with Crippen LogP contribution in [-0.2, 0) is 11.3 Å². The average Bonchev–Trinajstić information content (AvgIpc) is 3.14. The Morgan fingerprint density at radius 3 is 2.58 bits per heavy atom. The summed E-state index contributed by atoms with van der Waals surface area (Å²) in [7, 11) is 1.59. The molecule has 0 radical (unpaired) electrons. The van der Waals surface area contributed by atoms with Crippen LogP contribution in [0.3, 0.4) is 0 Å². The summed E-state index contributed by atoms with van der Waals surface area (Å²) in [6.45, 7) is 7.57. The van der Waals surface area contributed by atoms with E-state index in [2.05, 4.69) is 21.5 Å². The predicted molar refractivity (Wildman–Crippen MR) is 126 cm³/mol. The monoisotopic (exact) mass is 446 g/mol. The third-order valence-electron chi connectivity index (χ3n) is 6.11. The third-order valence-corrected chi connectivity index (χ3v) is 6.11. The molecule has 8 nitrogen and oxygen atoms in total. The molecule has 1 fully saturated rings. The topological polar surface area (TPSA) is 93.0 Å². The number of carbonyl (C=O) groups is 2. The number of hydrogen-bond donors (Lipinski definition) is 1. The summed E-state index contributed by atoms with van der Waals surface area (Å²) in [5.41, 5.74) is 6.16. The second-order valence-corrected chi connectivity index (χ2v) is 8.70. The van der Waals surface area contributed by atoms with Gasteiger partial charge >= 0.3 is 0 Å². The van der Waals surface area contributed by atoms with Gasteiger partial charge in [-0.15, -0.1) is 0 Å². The van der Waals surface area contributed by atoms with E-state index in [1.54, 1.807) is 24.0 Å². The van der Waals surface area contributed by atoms with Gasteiger partial charge in [0.05, 0.1) is 5.69 Å². The number of carbonyl (C=O) groups excluding carboxylic acids is 2. The molecule has 0 unspecified atom stereocenters. The zero-order valence-corrected chi connectivity index (χ0v) is 19.6.